The first-order valence-electron chi connectivity index (χ1n) is 5.32. The Morgan fingerprint density at radius 2 is 2.40 bits per heavy atom. The third kappa shape index (κ3) is 3.77. The van der Waals surface area contributed by atoms with E-state index in [0.717, 1.165) is 12.8 Å². The fourth-order valence-electron chi connectivity index (χ4n) is 1.66. The second-order valence-corrected chi connectivity index (χ2v) is 3.91. The Balaban J connectivity index is 2.33. The molecule has 0 spiro atoms. The van der Waals surface area contributed by atoms with Gasteiger partial charge in [0.15, 0.2) is 0 Å². The van der Waals surface area contributed by atoms with Gasteiger partial charge in [-0.25, -0.2) is 0 Å². The predicted molar refractivity (Wildman–Crippen MR) is 56.4 cm³/mol. The molecule has 5 heteroatoms. The number of ether oxygens (including phenoxy) is 2. The van der Waals surface area contributed by atoms with Crippen LogP contribution in [0.1, 0.15) is 19.8 Å². The van der Waals surface area contributed by atoms with Gasteiger partial charge < -0.3 is 20.5 Å². The van der Waals surface area contributed by atoms with Gasteiger partial charge in [-0.1, -0.05) is 0 Å². The molecule has 5 nitrogen and oxygen atoms in total. The van der Waals surface area contributed by atoms with Gasteiger partial charge in [-0.15, -0.1) is 0 Å². The zero-order valence-corrected chi connectivity index (χ0v) is 9.36. The second-order valence-electron chi connectivity index (χ2n) is 3.91. The third-order valence-corrected chi connectivity index (χ3v) is 2.52. The maximum absolute atomic E-state index is 11.7. The second kappa shape index (κ2) is 6.05. The number of nitrogens with two attached hydrogens (primary N) is 1. The van der Waals surface area contributed by atoms with Crippen LogP contribution in [0, 0.1) is 0 Å². The Labute approximate surface area is 90.3 Å². The maximum Gasteiger partial charge on any atom is 0.249 e. The first-order chi connectivity index (χ1) is 7.17. The predicted octanol–water partition coefficient (Wildman–Crippen LogP) is -0.356. The summed E-state index contributed by atoms with van der Waals surface area (Å²) in [6.45, 7) is 2.79. The third-order valence-electron chi connectivity index (χ3n) is 2.52. The molecule has 3 N–H and O–H groups in total. The van der Waals surface area contributed by atoms with Crippen LogP contribution >= 0.6 is 0 Å². The van der Waals surface area contributed by atoms with Crippen molar-refractivity contribution in [1.29, 1.82) is 0 Å². The van der Waals surface area contributed by atoms with Crippen molar-refractivity contribution in [2.75, 3.05) is 20.3 Å². The molecule has 15 heavy (non-hydrogen) atoms. The van der Waals surface area contributed by atoms with E-state index in [4.69, 9.17) is 15.2 Å². The lowest BCUT2D eigenvalue weighted by atomic mass is 10.2. The summed E-state index contributed by atoms with van der Waals surface area (Å²) in [5.74, 6) is -0.0770. The molecule has 0 saturated carbocycles. The first-order valence-corrected chi connectivity index (χ1v) is 5.32. The van der Waals surface area contributed by atoms with Crippen LogP contribution < -0.4 is 11.1 Å². The van der Waals surface area contributed by atoms with Crippen molar-refractivity contribution in [3.8, 4) is 0 Å². The van der Waals surface area contributed by atoms with Crippen molar-refractivity contribution in [3.05, 3.63) is 0 Å². The zero-order valence-electron chi connectivity index (χ0n) is 9.36. The molecule has 1 amide bonds. The number of rotatable bonds is 5. The van der Waals surface area contributed by atoms with Crippen LogP contribution in [0.2, 0.25) is 0 Å². The summed E-state index contributed by atoms with van der Waals surface area (Å²) in [5, 5.41) is 2.82. The number of nitrogens with one attached hydrogen (secondary N) is 1. The minimum Gasteiger partial charge on any atom is -0.383 e. The normalized spacial score (nSPS) is 27.7. The van der Waals surface area contributed by atoms with Gasteiger partial charge in [0.1, 0.15) is 6.10 Å². The largest absolute Gasteiger partial charge is 0.383 e. The minimum absolute atomic E-state index is 0.0770. The van der Waals surface area contributed by atoms with Crippen molar-refractivity contribution < 1.29 is 14.3 Å². The van der Waals surface area contributed by atoms with Crippen LogP contribution in [-0.4, -0.2) is 44.4 Å². The van der Waals surface area contributed by atoms with Gasteiger partial charge in [-0.05, 0) is 19.8 Å². The molecule has 3 atom stereocenters. The van der Waals surface area contributed by atoms with Gasteiger partial charge in [0.05, 0.1) is 18.8 Å². The summed E-state index contributed by atoms with van der Waals surface area (Å²) >= 11 is 0. The summed E-state index contributed by atoms with van der Waals surface area (Å²) in [4.78, 5) is 11.7. The van der Waals surface area contributed by atoms with E-state index in [2.05, 4.69) is 5.32 Å². The number of amides is 1. The Hall–Kier alpha value is -0.650. The van der Waals surface area contributed by atoms with E-state index in [1.165, 1.54) is 0 Å². The van der Waals surface area contributed by atoms with E-state index in [0.29, 0.717) is 13.2 Å². The lowest BCUT2D eigenvalue weighted by Crippen LogP contribution is -2.47. The standard InChI is InChI=1S/C10H20N2O3/c1-7-3-4-9(15-7)10(13)12-8(5-11)6-14-2/h7-9H,3-6,11H2,1-2H3,(H,12,13). The van der Waals surface area contributed by atoms with Crippen LogP contribution in [0.15, 0.2) is 0 Å². The molecule has 0 aromatic heterocycles. The van der Waals surface area contributed by atoms with Crippen LogP contribution in [0.5, 0.6) is 0 Å². The highest BCUT2D eigenvalue weighted by atomic mass is 16.5. The topological polar surface area (TPSA) is 73.6 Å². The zero-order chi connectivity index (χ0) is 11.3. The number of hydrogen-bond acceptors (Lipinski definition) is 4. The molecular weight excluding hydrogens is 196 g/mol. The lowest BCUT2D eigenvalue weighted by molar-refractivity contribution is -0.132. The molecule has 3 unspecified atom stereocenters. The molecule has 88 valence electrons. The van der Waals surface area contributed by atoms with E-state index in [-0.39, 0.29) is 24.2 Å². The van der Waals surface area contributed by atoms with Crippen LogP contribution in [-0.2, 0) is 14.3 Å². The molecule has 0 aliphatic carbocycles. The molecule has 0 bridgehead atoms. The minimum atomic E-state index is -0.314. The van der Waals surface area contributed by atoms with Crippen LogP contribution in [0.3, 0.4) is 0 Å². The van der Waals surface area contributed by atoms with Gasteiger partial charge in [0, 0.05) is 13.7 Å². The summed E-state index contributed by atoms with van der Waals surface area (Å²) in [6, 6.07) is -0.123. The molecule has 1 aliphatic heterocycles. The van der Waals surface area contributed by atoms with Crippen molar-refractivity contribution in [2.24, 2.45) is 5.73 Å². The Bertz CT molecular complexity index is 211. The van der Waals surface area contributed by atoms with Gasteiger partial charge in [0.2, 0.25) is 5.91 Å². The van der Waals surface area contributed by atoms with Crippen molar-refractivity contribution in [1.82, 2.24) is 5.32 Å². The summed E-state index contributed by atoms with van der Waals surface area (Å²) < 4.78 is 10.4. The number of hydrogen-bond donors (Lipinski definition) is 2. The number of methoxy groups -OCH3 is 1. The SMILES string of the molecule is COCC(CN)NC(=O)C1CCC(C)O1. The van der Waals surface area contributed by atoms with E-state index >= 15 is 0 Å². The monoisotopic (exact) mass is 216 g/mol. The van der Waals surface area contributed by atoms with Crippen LogP contribution in [0.4, 0.5) is 0 Å². The number of carbonyl (C=O) groups is 1. The molecule has 0 aromatic carbocycles. The van der Waals surface area contributed by atoms with Gasteiger partial charge in [-0.2, -0.15) is 0 Å². The van der Waals surface area contributed by atoms with Gasteiger partial charge in [0.25, 0.3) is 0 Å². The molecule has 1 fully saturated rings. The highest BCUT2D eigenvalue weighted by molar-refractivity contribution is 5.81. The van der Waals surface area contributed by atoms with Gasteiger partial charge in [-0.3, -0.25) is 4.79 Å². The average molecular weight is 216 g/mol. The molecule has 0 radical (unpaired) electrons. The van der Waals surface area contributed by atoms with Crippen LogP contribution in [0.25, 0.3) is 0 Å². The van der Waals surface area contributed by atoms with Crippen molar-refractivity contribution in [2.45, 2.75) is 38.0 Å². The fourth-order valence-corrected chi connectivity index (χ4v) is 1.66. The highest BCUT2D eigenvalue weighted by Gasteiger charge is 2.29. The Kier molecular flexibility index (Phi) is 5.01. The van der Waals surface area contributed by atoms with E-state index in [1.54, 1.807) is 7.11 Å². The highest BCUT2D eigenvalue weighted by Crippen LogP contribution is 2.18. The molecule has 1 aliphatic rings. The molecular formula is C10H20N2O3. The summed E-state index contributed by atoms with van der Waals surface area (Å²) in [5.41, 5.74) is 5.50. The summed E-state index contributed by atoms with van der Waals surface area (Å²) in [6.07, 6.45) is 1.60. The fraction of sp³-hybridized carbons (Fsp3) is 0.900. The molecule has 0 aromatic rings. The van der Waals surface area contributed by atoms with E-state index in [1.807, 2.05) is 6.92 Å². The van der Waals surface area contributed by atoms with Crippen molar-refractivity contribution >= 4 is 5.91 Å². The lowest BCUT2D eigenvalue weighted by Gasteiger charge is -2.18. The molecule has 1 saturated heterocycles. The summed E-state index contributed by atoms with van der Waals surface area (Å²) in [7, 11) is 1.59. The first kappa shape index (κ1) is 12.4. The quantitative estimate of drug-likeness (QED) is 0.658. The number of carbonyl (C=O) groups excluding carboxylic acids is 1. The van der Waals surface area contributed by atoms with E-state index < -0.39 is 0 Å². The Morgan fingerprint density at radius 1 is 1.67 bits per heavy atom. The maximum atomic E-state index is 11.7. The van der Waals surface area contributed by atoms with E-state index in [9.17, 15) is 4.79 Å². The van der Waals surface area contributed by atoms with Gasteiger partial charge >= 0.3 is 0 Å². The average Bonchev–Trinajstić information content (AvgIpc) is 2.64. The molecule has 1 rings (SSSR count). The molecule has 1 heterocycles. The van der Waals surface area contributed by atoms with Crippen molar-refractivity contribution in [3.63, 3.8) is 0 Å². The smallest absolute Gasteiger partial charge is 0.249 e. The Morgan fingerprint density at radius 3 is 2.87 bits per heavy atom.